The second-order valence-electron chi connectivity index (χ2n) is 4.75. The summed E-state index contributed by atoms with van der Waals surface area (Å²) in [5.74, 6) is 1.18. The van der Waals surface area contributed by atoms with Crippen molar-refractivity contribution in [3.8, 4) is 0 Å². The zero-order chi connectivity index (χ0) is 11.1. The number of amides is 1. The fourth-order valence-electron chi connectivity index (χ4n) is 2.74. The van der Waals surface area contributed by atoms with Gasteiger partial charge in [-0.2, -0.15) is 0 Å². The molecule has 0 aromatic heterocycles. The Morgan fingerprint density at radius 2 is 2.12 bits per heavy atom. The van der Waals surface area contributed by atoms with Crippen LogP contribution in [0, 0.1) is 11.8 Å². The van der Waals surface area contributed by atoms with Gasteiger partial charge in [0.15, 0.2) is 11.9 Å². The number of hydrogen-bond donors (Lipinski definition) is 1. The van der Waals surface area contributed by atoms with E-state index in [-0.39, 0.29) is 18.3 Å². The average molecular weight is 226 g/mol. The van der Waals surface area contributed by atoms with Crippen molar-refractivity contribution in [2.45, 2.75) is 6.17 Å². The number of nitrogens with one attached hydrogen (secondary N) is 1. The molecule has 2 saturated heterocycles. The number of carbonyl (C=O) groups is 1. The van der Waals surface area contributed by atoms with Crippen LogP contribution < -0.4 is 5.32 Å². The van der Waals surface area contributed by atoms with Gasteiger partial charge in [-0.05, 0) is 11.8 Å². The largest absolute Gasteiger partial charge is 0.485 e. The van der Waals surface area contributed by atoms with Crippen LogP contribution in [0.15, 0.2) is 11.8 Å². The molecule has 0 spiro atoms. The smallest absolute Gasteiger partial charge is 0.288 e. The van der Waals surface area contributed by atoms with Gasteiger partial charge in [0.05, 0.1) is 0 Å². The zero-order valence-corrected chi connectivity index (χ0v) is 8.99. The summed E-state index contributed by atoms with van der Waals surface area (Å²) in [6.07, 6.45) is 0.164. The number of alkyl halides is 1. The van der Waals surface area contributed by atoms with E-state index >= 15 is 0 Å². The standard InChI is InChI=1S/C11H15FN2O2/c12-9-1-10(16-6-9)11(15)14-4-7-2-13-3-8(7)5-14/h1,7-9,13H,2-6H2. The van der Waals surface area contributed by atoms with Crippen LogP contribution in [0.1, 0.15) is 0 Å². The fourth-order valence-corrected chi connectivity index (χ4v) is 2.74. The number of halogens is 1. The van der Waals surface area contributed by atoms with Crippen LogP contribution in [-0.2, 0) is 9.53 Å². The Kier molecular flexibility index (Phi) is 2.35. The first-order valence-electron chi connectivity index (χ1n) is 5.72. The quantitative estimate of drug-likeness (QED) is 0.680. The summed E-state index contributed by atoms with van der Waals surface area (Å²) in [7, 11) is 0. The minimum Gasteiger partial charge on any atom is -0.485 e. The maximum atomic E-state index is 12.9. The predicted molar refractivity (Wildman–Crippen MR) is 55.4 cm³/mol. The number of carbonyl (C=O) groups excluding carboxylic acids is 1. The van der Waals surface area contributed by atoms with Crippen LogP contribution in [-0.4, -0.2) is 49.8 Å². The molecule has 3 atom stereocenters. The molecule has 0 bridgehead atoms. The van der Waals surface area contributed by atoms with Gasteiger partial charge < -0.3 is 15.0 Å². The van der Waals surface area contributed by atoms with Gasteiger partial charge in [-0.25, -0.2) is 4.39 Å². The maximum absolute atomic E-state index is 12.9. The van der Waals surface area contributed by atoms with E-state index in [1.165, 1.54) is 6.08 Å². The molecule has 0 aliphatic carbocycles. The van der Waals surface area contributed by atoms with E-state index in [0.29, 0.717) is 11.8 Å². The number of rotatable bonds is 1. The molecule has 1 N–H and O–H groups in total. The molecular formula is C11H15FN2O2. The fraction of sp³-hybridized carbons (Fsp3) is 0.727. The van der Waals surface area contributed by atoms with Crippen molar-refractivity contribution in [3.05, 3.63) is 11.8 Å². The van der Waals surface area contributed by atoms with Crippen LogP contribution in [0.25, 0.3) is 0 Å². The third kappa shape index (κ3) is 1.59. The van der Waals surface area contributed by atoms with E-state index in [1.807, 2.05) is 0 Å². The third-order valence-electron chi connectivity index (χ3n) is 3.62. The summed E-state index contributed by atoms with van der Waals surface area (Å²) in [5, 5.41) is 3.32. The number of hydrogen-bond acceptors (Lipinski definition) is 3. The summed E-state index contributed by atoms with van der Waals surface area (Å²) in [6, 6.07) is 0. The highest BCUT2D eigenvalue weighted by atomic mass is 19.1. The first kappa shape index (κ1) is 10.1. The Labute approximate surface area is 93.4 Å². The molecule has 16 heavy (non-hydrogen) atoms. The maximum Gasteiger partial charge on any atom is 0.288 e. The highest BCUT2D eigenvalue weighted by Gasteiger charge is 2.39. The summed E-state index contributed by atoms with van der Waals surface area (Å²) < 4.78 is 17.9. The molecule has 3 rings (SSSR count). The Bertz CT molecular complexity index is 333. The van der Waals surface area contributed by atoms with E-state index in [4.69, 9.17) is 4.74 Å². The molecule has 0 saturated carbocycles. The molecule has 0 aromatic rings. The van der Waals surface area contributed by atoms with Crippen molar-refractivity contribution < 1.29 is 13.9 Å². The van der Waals surface area contributed by atoms with Crippen molar-refractivity contribution in [1.82, 2.24) is 10.2 Å². The molecule has 3 unspecified atom stereocenters. The van der Waals surface area contributed by atoms with E-state index < -0.39 is 6.17 Å². The molecule has 3 aliphatic rings. The number of nitrogens with zero attached hydrogens (tertiary/aromatic N) is 1. The Morgan fingerprint density at radius 1 is 1.44 bits per heavy atom. The van der Waals surface area contributed by atoms with Crippen molar-refractivity contribution in [3.63, 3.8) is 0 Å². The zero-order valence-electron chi connectivity index (χ0n) is 8.99. The SMILES string of the molecule is O=C(C1=CC(F)CO1)N1CC2CNCC2C1. The summed E-state index contributed by atoms with van der Waals surface area (Å²) in [4.78, 5) is 13.8. The van der Waals surface area contributed by atoms with Crippen molar-refractivity contribution in [2.75, 3.05) is 32.8 Å². The van der Waals surface area contributed by atoms with Gasteiger partial charge >= 0.3 is 0 Å². The van der Waals surface area contributed by atoms with Crippen LogP contribution >= 0.6 is 0 Å². The van der Waals surface area contributed by atoms with Gasteiger partial charge in [0, 0.05) is 32.3 Å². The van der Waals surface area contributed by atoms with Crippen molar-refractivity contribution in [1.29, 1.82) is 0 Å². The van der Waals surface area contributed by atoms with Crippen molar-refractivity contribution >= 4 is 5.91 Å². The van der Waals surface area contributed by atoms with Crippen LogP contribution in [0.2, 0.25) is 0 Å². The average Bonchev–Trinajstić information content (AvgIpc) is 2.89. The molecule has 4 nitrogen and oxygen atoms in total. The summed E-state index contributed by atoms with van der Waals surface area (Å²) >= 11 is 0. The highest BCUT2D eigenvalue weighted by Crippen LogP contribution is 2.28. The molecule has 1 amide bonds. The van der Waals surface area contributed by atoms with E-state index in [0.717, 1.165) is 26.2 Å². The molecular weight excluding hydrogens is 211 g/mol. The molecule has 5 heteroatoms. The van der Waals surface area contributed by atoms with Crippen molar-refractivity contribution in [2.24, 2.45) is 11.8 Å². The van der Waals surface area contributed by atoms with Gasteiger partial charge in [0.25, 0.3) is 5.91 Å². The molecule has 0 aromatic carbocycles. The molecule has 3 aliphatic heterocycles. The lowest BCUT2D eigenvalue weighted by Crippen LogP contribution is -2.33. The third-order valence-corrected chi connectivity index (χ3v) is 3.62. The first-order chi connectivity index (χ1) is 7.74. The summed E-state index contributed by atoms with van der Waals surface area (Å²) in [6.45, 7) is 3.51. The first-order valence-corrected chi connectivity index (χ1v) is 5.72. The minimum absolute atomic E-state index is 0.0106. The minimum atomic E-state index is -1.12. The number of ether oxygens (including phenoxy) is 1. The predicted octanol–water partition coefficient (Wildman–Crippen LogP) is -0.0836. The lowest BCUT2D eigenvalue weighted by molar-refractivity contribution is -0.129. The summed E-state index contributed by atoms with van der Waals surface area (Å²) in [5.41, 5.74) is 0. The van der Waals surface area contributed by atoms with Crippen LogP contribution in [0.5, 0.6) is 0 Å². The van der Waals surface area contributed by atoms with Gasteiger partial charge in [-0.3, -0.25) is 4.79 Å². The lowest BCUT2D eigenvalue weighted by Gasteiger charge is -2.17. The second-order valence-corrected chi connectivity index (χ2v) is 4.75. The number of likely N-dealkylation sites (tertiary alicyclic amines) is 1. The van der Waals surface area contributed by atoms with Gasteiger partial charge in [0.1, 0.15) is 6.61 Å². The second kappa shape index (κ2) is 3.73. The van der Waals surface area contributed by atoms with Crippen LogP contribution in [0.3, 0.4) is 0 Å². The van der Waals surface area contributed by atoms with Gasteiger partial charge in [-0.15, -0.1) is 0 Å². The lowest BCUT2D eigenvalue weighted by atomic mass is 10.0. The molecule has 3 heterocycles. The van der Waals surface area contributed by atoms with Gasteiger partial charge in [-0.1, -0.05) is 0 Å². The Balaban J connectivity index is 1.66. The topological polar surface area (TPSA) is 41.6 Å². The molecule has 2 fully saturated rings. The van der Waals surface area contributed by atoms with E-state index in [2.05, 4.69) is 5.32 Å². The normalized spacial score (nSPS) is 37.2. The highest BCUT2D eigenvalue weighted by molar-refractivity contribution is 5.92. The molecule has 88 valence electrons. The molecule has 0 radical (unpaired) electrons. The Morgan fingerprint density at radius 3 is 2.69 bits per heavy atom. The van der Waals surface area contributed by atoms with Gasteiger partial charge in [0.2, 0.25) is 0 Å². The monoisotopic (exact) mass is 226 g/mol. The van der Waals surface area contributed by atoms with Crippen LogP contribution in [0.4, 0.5) is 4.39 Å². The Hall–Kier alpha value is -1.10. The van der Waals surface area contributed by atoms with E-state index in [1.54, 1.807) is 4.90 Å². The van der Waals surface area contributed by atoms with E-state index in [9.17, 15) is 9.18 Å². The number of fused-ring (bicyclic) bond motifs is 1.